The van der Waals surface area contributed by atoms with Crippen molar-refractivity contribution < 1.29 is 0 Å². The van der Waals surface area contributed by atoms with Crippen molar-refractivity contribution in [2.24, 2.45) is 17.2 Å². The van der Waals surface area contributed by atoms with Crippen molar-refractivity contribution in [3.63, 3.8) is 0 Å². The summed E-state index contributed by atoms with van der Waals surface area (Å²) < 4.78 is 0. The van der Waals surface area contributed by atoms with Gasteiger partial charge in [-0.15, -0.1) is 0 Å². The zero-order chi connectivity index (χ0) is 9.45. The van der Waals surface area contributed by atoms with Gasteiger partial charge >= 0.3 is 0 Å². The second-order valence-electron chi connectivity index (χ2n) is 3.50. The second kappa shape index (κ2) is 6.40. The molecule has 3 heteroatoms. The Balaban J connectivity index is 3.70. The third-order valence-corrected chi connectivity index (χ3v) is 2.46. The average Bonchev–Trinajstić information content (AvgIpc) is 2.11. The van der Waals surface area contributed by atoms with Crippen molar-refractivity contribution in [3.8, 4) is 0 Å². The molecule has 0 unspecified atom stereocenters. The summed E-state index contributed by atoms with van der Waals surface area (Å²) in [6.45, 7) is 3.61. The monoisotopic (exact) mass is 173 g/mol. The summed E-state index contributed by atoms with van der Waals surface area (Å²) in [5.41, 5.74) is 17.0. The van der Waals surface area contributed by atoms with E-state index in [0.29, 0.717) is 0 Å². The maximum absolute atomic E-state index is 6.16. The summed E-state index contributed by atoms with van der Waals surface area (Å²) in [7, 11) is 0. The molecule has 0 bridgehead atoms. The maximum Gasteiger partial charge on any atom is 0.0152 e. The molecule has 0 saturated carbocycles. The van der Waals surface area contributed by atoms with Crippen molar-refractivity contribution in [1.82, 2.24) is 0 Å². The van der Waals surface area contributed by atoms with Crippen molar-refractivity contribution in [2.45, 2.75) is 44.6 Å². The van der Waals surface area contributed by atoms with Gasteiger partial charge in [-0.3, -0.25) is 0 Å². The molecule has 0 atom stereocenters. The van der Waals surface area contributed by atoms with Gasteiger partial charge in [-0.25, -0.2) is 0 Å². The fraction of sp³-hybridized carbons (Fsp3) is 1.00. The molecular weight excluding hydrogens is 150 g/mol. The van der Waals surface area contributed by atoms with Crippen LogP contribution in [0.25, 0.3) is 0 Å². The molecule has 0 heterocycles. The fourth-order valence-electron chi connectivity index (χ4n) is 1.39. The highest BCUT2D eigenvalue weighted by molar-refractivity contribution is 4.82. The maximum atomic E-state index is 6.16. The Morgan fingerprint density at radius 3 is 1.67 bits per heavy atom. The first-order valence-corrected chi connectivity index (χ1v) is 4.87. The van der Waals surface area contributed by atoms with E-state index in [1.54, 1.807) is 0 Å². The van der Waals surface area contributed by atoms with E-state index in [9.17, 15) is 0 Å². The van der Waals surface area contributed by atoms with Crippen LogP contribution in [0.15, 0.2) is 0 Å². The van der Waals surface area contributed by atoms with E-state index in [1.165, 1.54) is 0 Å². The predicted octanol–water partition coefficient (Wildman–Crippen LogP) is 0.572. The lowest BCUT2D eigenvalue weighted by Gasteiger charge is -2.27. The van der Waals surface area contributed by atoms with E-state index in [-0.39, 0.29) is 5.54 Å². The van der Waals surface area contributed by atoms with Gasteiger partial charge in [0.1, 0.15) is 0 Å². The third-order valence-electron chi connectivity index (χ3n) is 2.46. The molecule has 0 fully saturated rings. The summed E-state index contributed by atoms with van der Waals surface area (Å²) in [5, 5.41) is 0. The van der Waals surface area contributed by atoms with Gasteiger partial charge in [0, 0.05) is 5.54 Å². The Hall–Kier alpha value is -0.120. The van der Waals surface area contributed by atoms with Gasteiger partial charge in [-0.05, 0) is 45.2 Å². The highest BCUT2D eigenvalue weighted by Crippen LogP contribution is 2.19. The van der Waals surface area contributed by atoms with Crippen LogP contribution < -0.4 is 17.2 Å². The average molecular weight is 173 g/mol. The molecule has 0 aliphatic heterocycles. The molecule has 12 heavy (non-hydrogen) atoms. The zero-order valence-corrected chi connectivity index (χ0v) is 8.18. The normalized spacial score (nSPS) is 12.0. The molecule has 0 radical (unpaired) electrons. The van der Waals surface area contributed by atoms with Crippen LogP contribution in [0.3, 0.4) is 0 Å². The molecule has 0 aromatic carbocycles. The Morgan fingerprint density at radius 2 is 1.42 bits per heavy atom. The first-order valence-electron chi connectivity index (χ1n) is 4.87. The lowest BCUT2D eigenvalue weighted by Crippen LogP contribution is -2.39. The van der Waals surface area contributed by atoms with Gasteiger partial charge in [0.25, 0.3) is 0 Å². The fourth-order valence-corrected chi connectivity index (χ4v) is 1.39. The Kier molecular flexibility index (Phi) is 6.34. The van der Waals surface area contributed by atoms with Crippen LogP contribution in [-0.4, -0.2) is 18.6 Å². The number of hydrogen-bond donors (Lipinski definition) is 3. The minimum atomic E-state index is -0.0151. The minimum Gasteiger partial charge on any atom is -0.330 e. The van der Waals surface area contributed by atoms with Crippen LogP contribution in [0.1, 0.15) is 39.0 Å². The first kappa shape index (κ1) is 11.9. The zero-order valence-electron chi connectivity index (χ0n) is 8.18. The molecule has 0 spiro atoms. The molecule has 0 aliphatic rings. The molecule has 0 saturated heterocycles. The van der Waals surface area contributed by atoms with E-state index in [2.05, 4.69) is 6.92 Å². The SMILES string of the molecule is CCC(N)(CCCN)CCCN. The molecule has 0 rings (SSSR count). The lowest BCUT2D eigenvalue weighted by molar-refractivity contribution is 0.339. The molecular formula is C9H23N3. The number of hydrogen-bond acceptors (Lipinski definition) is 3. The first-order chi connectivity index (χ1) is 5.68. The molecule has 0 aromatic heterocycles. The minimum absolute atomic E-state index is 0.0151. The summed E-state index contributed by atoms with van der Waals surface area (Å²) >= 11 is 0. The quantitative estimate of drug-likeness (QED) is 0.527. The second-order valence-corrected chi connectivity index (χ2v) is 3.50. The van der Waals surface area contributed by atoms with Crippen LogP contribution >= 0.6 is 0 Å². The summed E-state index contributed by atoms with van der Waals surface area (Å²) in [6.07, 6.45) is 5.12. The van der Waals surface area contributed by atoms with Crippen LogP contribution in [0, 0.1) is 0 Å². The highest BCUT2D eigenvalue weighted by atomic mass is 14.7. The van der Waals surface area contributed by atoms with Gasteiger partial charge in [0.2, 0.25) is 0 Å². The molecule has 74 valence electrons. The molecule has 6 N–H and O–H groups in total. The number of rotatable bonds is 7. The van der Waals surface area contributed by atoms with Gasteiger partial charge < -0.3 is 17.2 Å². The van der Waals surface area contributed by atoms with Crippen LogP contribution in [-0.2, 0) is 0 Å². The van der Waals surface area contributed by atoms with E-state index in [0.717, 1.165) is 45.2 Å². The Labute approximate surface area is 75.7 Å². The lowest BCUT2D eigenvalue weighted by atomic mass is 9.87. The van der Waals surface area contributed by atoms with Gasteiger partial charge in [0.05, 0.1) is 0 Å². The topological polar surface area (TPSA) is 78.1 Å². The van der Waals surface area contributed by atoms with Crippen LogP contribution in [0.2, 0.25) is 0 Å². The van der Waals surface area contributed by atoms with E-state index >= 15 is 0 Å². The largest absolute Gasteiger partial charge is 0.330 e. The van der Waals surface area contributed by atoms with E-state index in [4.69, 9.17) is 17.2 Å². The summed E-state index contributed by atoms with van der Waals surface area (Å²) in [5.74, 6) is 0. The molecule has 3 nitrogen and oxygen atoms in total. The third kappa shape index (κ3) is 4.70. The van der Waals surface area contributed by atoms with Crippen molar-refractivity contribution in [3.05, 3.63) is 0 Å². The van der Waals surface area contributed by atoms with Crippen molar-refractivity contribution in [2.75, 3.05) is 13.1 Å². The van der Waals surface area contributed by atoms with Crippen molar-refractivity contribution in [1.29, 1.82) is 0 Å². The number of nitrogens with two attached hydrogens (primary N) is 3. The van der Waals surface area contributed by atoms with Crippen LogP contribution in [0.4, 0.5) is 0 Å². The summed E-state index contributed by atoms with van der Waals surface area (Å²) in [4.78, 5) is 0. The standard InChI is InChI=1S/C9H23N3/c1-2-9(12,5-3-7-10)6-4-8-11/h2-8,10-12H2,1H3. The van der Waals surface area contributed by atoms with E-state index in [1.807, 2.05) is 0 Å². The smallest absolute Gasteiger partial charge is 0.0152 e. The van der Waals surface area contributed by atoms with Crippen molar-refractivity contribution >= 4 is 0 Å². The Bertz CT molecular complexity index is 95.9. The van der Waals surface area contributed by atoms with Gasteiger partial charge in [-0.1, -0.05) is 6.92 Å². The predicted molar refractivity (Wildman–Crippen MR) is 53.8 cm³/mol. The Morgan fingerprint density at radius 1 is 1.00 bits per heavy atom. The molecule has 0 amide bonds. The summed E-state index contributed by atoms with van der Waals surface area (Å²) in [6, 6.07) is 0. The molecule has 0 aliphatic carbocycles. The molecule has 0 aromatic rings. The van der Waals surface area contributed by atoms with Gasteiger partial charge in [-0.2, -0.15) is 0 Å². The van der Waals surface area contributed by atoms with E-state index < -0.39 is 0 Å². The van der Waals surface area contributed by atoms with Gasteiger partial charge in [0.15, 0.2) is 0 Å². The highest BCUT2D eigenvalue weighted by Gasteiger charge is 2.20. The van der Waals surface area contributed by atoms with Crippen LogP contribution in [0.5, 0.6) is 0 Å².